The summed E-state index contributed by atoms with van der Waals surface area (Å²) in [6, 6.07) is 9.58. The Morgan fingerprint density at radius 1 is 1.43 bits per heavy atom. The van der Waals surface area contributed by atoms with Gasteiger partial charge < -0.3 is 10.2 Å². The second kappa shape index (κ2) is 3.37. The summed E-state index contributed by atoms with van der Waals surface area (Å²) in [5, 5.41) is 19.4. The number of aliphatic hydroxyl groups excluding tert-OH is 2. The monoisotopic (exact) mass is 192 g/mol. The third-order valence-electron chi connectivity index (χ3n) is 3.46. The molecule has 3 unspecified atom stereocenters. The first-order chi connectivity index (χ1) is 6.70. The van der Waals surface area contributed by atoms with Crippen molar-refractivity contribution in [3.8, 4) is 0 Å². The van der Waals surface area contributed by atoms with Gasteiger partial charge in [-0.2, -0.15) is 0 Å². The molecular formula is C12H16O2. The molecule has 0 aliphatic heterocycles. The number of rotatable bonds is 3. The van der Waals surface area contributed by atoms with Crippen molar-refractivity contribution in [2.75, 3.05) is 6.61 Å². The Hall–Kier alpha value is -0.860. The van der Waals surface area contributed by atoms with Gasteiger partial charge in [-0.1, -0.05) is 37.3 Å². The summed E-state index contributed by atoms with van der Waals surface area (Å²) in [5.74, 6) is 0.419. The second-order valence-corrected chi connectivity index (χ2v) is 4.31. The highest BCUT2D eigenvalue weighted by Gasteiger charge is 2.56. The van der Waals surface area contributed by atoms with E-state index in [1.165, 1.54) is 0 Å². The highest BCUT2D eigenvalue weighted by molar-refractivity contribution is 5.23. The maximum atomic E-state index is 10.1. The lowest BCUT2D eigenvalue weighted by molar-refractivity contribution is 0.0411. The molecule has 2 heteroatoms. The molecule has 1 aliphatic rings. The molecule has 2 N–H and O–H groups in total. The van der Waals surface area contributed by atoms with Gasteiger partial charge >= 0.3 is 0 Å². The zero-order valence-corrected chi connectivity index (χ0v) is 8.35. The average Bonchev–Trinajstić information content (AvgIpc) is 2.91. The van der Waals surface area contributed by atoms with Gasteiger partial charge in [-0.25, -0.2) is 0 Å². The van der Waals surface area contributed by atoms with Gasteiger partial charge in [0.1, 0.15) is 0 Å². The Bertz CT molecular complexity index is 305. The van der Waals surface area contributed by atoms with Crippen molar-refractivity contribution in [3.05, 3.63) is 35.9 Å². The lowest BCUT2D eigenvalue weighted by atomic mass is 9.91. The van der Waals surface area contributed by atoms with Gasteiger partial charge in [0.05, 0.1) is 12.7 Å². The third kappa shape index (κ3) is 1.35. The molecular weight excluding hydrogens is 176 g/mol. The summed E-state index contributed by atoms with van der Waals surface area (Å²) in [5.41, 5.74) is 0.632. The molecule has 1 saturated carbocycles. The minimum atomic E-state index is -0.524. The standard InChI is InChI=1S/C12H16O2/c1-9-7-12(9,8-13)11(14)10-5-3-2-4-6-10/h2-6,9,11,13-14H,7-8H2,1H3. The Balaban J connectivity index is 2.21. The van der Waals surface area contributed by atoms with Gasteiger partial charge in [-0.15, -0.1) is 0 Å². The van der Waals surface area contributed by atoms with Crippen LogP contribution in [0.25, 0.3) is 0 Å². The summed E-state index contributed by atoms with van der Waals surface area (Å²) >= 11 is 0. The summed E-state index contributed by atoms with van der Waals surface area (Å²) in [6.45, 7) is 2.15. The van der Waals surface area contributed by atoms with Crippen LogP contribution in [0.1, 0.15) is 25.0 Å². The molecule has 1 fully saturated rings. The van der Waals surface area contributed by atoms with Gasteiger partial charge in [0, 0.05) is 5.41 Å². The maximum Gasteiger partial charge on any atom is 0.0870 e. The molecule has 2 rings (SSSR count). The molecule has 0 saturated heterocycles. The van der Waals surface area contributed by atoms with E-state index in [0.717, 1.165) is 12.0 Å². The van der Waals surface area contributed by atoms with E-state index in [4.69, 9.17) is 0 Å². The Kier molecular flexibility index (Phi) is 2.33. The lowest BCUT2D eigenvalue weighted by Crippen LogP contribution is -2.19. The first kappa shape index (κ1) is 9.69. The molecule has 2 nitrogen and oxygen atoms in total. The minimum absolute atomic E-state index is 0.0736. The smallest absolute Gasteiger partial charge is 0.0870 e. The Morgan fingerprint density at radius 2 is 2.00 bits per heavy atom. The van der Waals surface area contributed by atoms with Crippen molar-refractivity contribution in [1.29, 1.82) is 0 Å². The summed E-state index contributed by atoms with van der Waals surface area (Å²) < 4.78 is 0. The van der Waals surface area contributed by atoms with Crippen LogP contribution in [0.4, 0.5) is 0 Å². The van der Waals surface area contributed by atoms with Gasteiger partial charge in [-0.05, 0) is 17.9 Å². The van der Waals surface area contributed by atoms with E-state index in [1.54, 1.807) is 0 Å². The molecule has 3 atom stereocenters. The largest absolute Gasteiger partial charge is 0.396 e. The second-order valence-electron chi connectivity index (χ2n) is 4.31. The minimum Gasteiger partial charge on any atom is -0.396 e. The molecule has 0 amide bonds. The number of hydrogen-bond acceptors (Lipinski definition) is 2. The number of benzene rings is 1. The van der Waals surface area contributed by atoms with Crippen molar-refractivity contribution < 1.29 is 10.2 Å². The maximum absolute atomic E-state index is 10.1. The normalized spacial score (nSPS) is 32.6. The molecule has 0 aromatic heterocycles. The first-order valence-corrected chi connectivity index (χ1v) is 5.04. The zero-order valence-electron chi connectivity index (χ0n) is 8.35. The van der Waals surface area contributed by atoms with Crippen molar-refractivity contribution in [1.82, 2.24) is 0 Å². The van der Waals surface area contributed by atoms with Crippen LogP contribution in [0.2, 0.25) is 0 Å². The quantitative estimate of drug-likeness (QED) is 0.765. The van der Waals surface area contributed by atoms with E-state index in [0.29, 0.717) is 5.92 Å². The van der Waals surface area contributed by atoms with Crippen LogP contribution in [0, 0.1) is 11.3 Å². The van der Waals surface area contributed by atoms with Crippen LogP contribution in [0.5, 0.6) is 0 Å². The fraction of sp³-hybridized carbons (Fsp3) is 0.500. The summed E-state index contributed by atoms with van der Waals surface area (Å²) in [6.07, 6.45) is 0.392. The van der Waals surface area contributed by atoms with E-state index >= 15 is 0 Å². The van der Waals surface area contributed by atoms with Gasteiger partial charge in [-0.3, -0.25) is 0 Å². The molecule has 0 heterocycles. The van der Waals surface area contributed by atoms with Crippen LogP contribution in [0.15, 0.2) is 30.3 Å². The van der Waals surface area contributed by atoms with E-state index < -0.39 is 6.10 Å². The molecule has 76 valence electrons. The topological polar surface area (TPSA) is 40.5 Å². The van der Waals surface area contributed by atoms with Crippen LogP contribution in [-0.4, -0.2) is 16.8 Å². The van der Waals surface area contributed by atoms with Crippen LogP contribution >= 0.6 is 0 Å². The highest BCUT2D eigenvalue weighted by atomic mass is 16.3. The third-order valence-corrected chi connectivity index (χ3v) is 3.46. The molecule has 0 bridgehead atoms. The highest BCUT2D eigenvalue weighted by Crippen LogP contribution is 2.59. The molecule has 1 aromatic carbocycles. The van der Waals surface area contributed by atoms with Crippen LogP contribution < -0.4 is 0 Å². The fourth-order valence-corrected chi connectivity index (χ4v) is 2.17. The molecule has 14 heavy (non-hydrogen) atoms. The number of hydrogen-bond donors (Lipinski definition) is 2. The zero-order chi connectivity index (χ0) is 10.2. The van der Waals surface area contributed by atoms with E-state index in [9.17, 15) is 10.2 Å². The average molecular weight is 192 g/mol. The van der Waals surface area contributed by atoms with Gasteiger partial charge in [0.2, 0.25) is 0 Å². The van der Waals surface area contributed by atoms with Gasteiger partial charge in [0.15, 0.2) is 0 Å². The number of aliphatic hydroxyl groups is 2. The Labute approximate surface area is 84.2 Å². The SMILES string of the molecule is CC1CC1(CO)C(O)c1ccccc1. The van der Waals surface area contributed by atoms with E-state index in [2.05, 4.69) is 6.92 Å². The molecule has 0 spiro atoms. The molecule has 1 aliphatic carbocycles. The van der Waals surface area contributed by atoms with Crippen molar-refractivity contribution in [2.45, 2.75) is 19.4 Å². The van der Waals surface area contributed by atoms with E-state index in [-0.39, 0.29) is 12.0 Å². The van der Waals surface area contributed by atoms with Gasteiger partial charge in [0.25, 0.3) is 0 Å². The summed E-state index contributed by atoms with van der Waals surface area (Å²) in [7, 11) is 0. The summed E-state index contributed by atoms with van der Waals surface area (Å²) in [4.78, 5) is 0. The molecule has 0 radical (unpaired) electrons. The first-order valence-electron chi connectivity index (χ1n) is 5.04. The predicted molar refractivity (Wildman–Crippen MR) is 54.7 cm³/mol. The van der Waals surface area contributed by atoms with E-state index in [1.807, 2.05) is 30.3 Å². The van der Waals surface area contributed by atoms with Crippen LogP contribution in [0.3, 0.4) is 0 Å². The fourth-order valence-electron chi connectivity index (χ4n) is 2.17. The lowest BCUT2D eigenvalue weighted by Gasteiger charge is -2.21. The van der Waals surface area contributed by atoms with Crippen molar-refractivity contribution in [3.63, 3.8) is 0 Å². The van der Waals surface area contributed by atoms with Crippen molar-refractivity contribution in [2.24, 2.45) is 11.3 Å². The Morgan fingerprint density at radius 3 is 2.43 bits per heavy atom. The predicted octanol–water partition coefficient (Wildman–Crippen LogP) is 1.74. The van der Waals surface area contributed by atoms with Crippen molar-refractivity contribution >= 4 is 0 Å². The molecule has 1 aromatic rings. The van der Waals surface area contributed by atoms with Crippen LogP contribution in [-0.2, 0) is 0 Å².